The Balaban J connectivity index is 0.00000368. The van der Waals surface area contributed by atoms with Crippen molar-refractivity contribution in [2.45, 2.75) is 26.8 Å². The zero-order valence-corrected chi connectivity index (χ0v) is 37.0. The molecule has 1 heterocycles. The summed E-state index contributed by atoms with van der Waals surface area (Å²) in [7, 11) is -20.0. The van der Waals surface area contributed by atoms with Gasteiger partial charge in [0.2, 0.25) is 15.0 Å². The third-order valence-electron chi connectivity index (χ3n) is 5.65. The summed E-state index contributed by atoms with van der Waals surface area (Å²) in [5, 5.41) is 18.7. The van der Waals surface area contributed by atoms with Crippen LogP contribution in [0.1, 0.15) is 5.69 Å². The van der Waals surface area contributed by atoms with Gasteiger partial charge in [0.15, 0.2) is 11.6 Å². The van der Waals surface area contributed by atoms with Gasteiger partial charge in [0.1, 0.15) is 46.8 Å². The van der Waals surface area contributed by atoms with Crippen molar-refractivity contribution in [1.82, 2.24) is 9.97 Å². The van der Waals surface area contributed by atoms with E-state index in [9.17, 15) is 52.4 Å². The van der Waals surface area contributed by atoms with E-state index in [0.29, 0.717) is 18.2 Å². The van der Waals surface area contributed by atoms with Crippen LogP contribution in [0.15, 0.2) is 72.5 Å². The SMILES string of the molecule is Cc1nc(S(C)(=O)=O)nc(Nc2cc(S(=O)(=O)[O-])cc3cc(S(=O)(=O)[O-])c(N=Nc4ccccc4S(=O)(=O)[O-])c(O)c23)c1Cl.[K+].[K+].[Na+]. The van der Waals surface area contributed by atoms with E-state index in [2.05, 4.69) is 25.5 Å². The molecule has 4 aromatic rings. The second kappa shape index (κ2) is 16.9. The molecule has 0 aliphatic carbocycles. The fourth-order valence-electron chi connectivity index (χ4n) is 3.75. The quantitative estimate of drug-likeness (QED) is 0.0725. The van der Waals surface area contributed by atoms with Gasteiger partial charge in [0, 0.05) is 11.6 Å². The molecule has 25 heteroatoms. The maximum atomic E-state index is 12.2. The van der Waals surface area contributed by atoms with Crippen molar-refractivity contribution in [3.63, 3.8) is 0 Å². The number of aromatic nitrogens is 2. The molecule has 4 rings (SSSR count). The van der Waals surface area contributed by atoms with Crippen LogP contribution < -0.4 is 138 Å². The topological polar surface area (TPSA) is 288 Å². The van der Waals surface area contributed by atoms with Gasteiger partial charge in [-0.15, -0.1) is 10.2 Å². The second-order valence-corrected chi connectivity index (χ2v) is 15.2. The Hall–Kier alpha value is 0.443. The van der Waals surface area contributed by atoms with Gasteiger partial charge in [0.05, 0.1) is 26.1 Å². The van der Waals surface area contributed by atoms with Crippen LogP contribution in [-0.4, -0.2) is 68.7 Å². The smallest absolute Gasteiger partial charge is 0.744 e. The van der Waals surface area contributed by atoms with Crippen LogP contribution in [0.4, 0.5) is 22.9 Å². The van der Waals surface area contributed by atoms with Gasteiger partial charge in [-0.2, -0.15) is 4.98 Å². The van der Waals surface area contributed by atoms with E-state index in [0.717, 1.165) is 18.4 Å². The minimum Gasteiger partial charge on any atom is -0.744 e. The maximum Gasteiger partial charge on any atom is 1.00 e. The number of aryl methyl sites for hydroxylation is 1. The van der Waals surface area contributed by atoms with Gasteiger partial charge in [0.25, 0.3) is 0 Å². The summed E-state index contributed by atoms with van der Waals surface area (Å²) in [5.41, 5.74) is -2.26. The van der Waals surface area contributed by atoms with Gasteiger partial charge in [-0.05, 0) is 42.6 Å². The van der Waals surface area contributed by atoms with E-state index in [4.69, 9.17) is 11.6 Å². The zero-order chi connectivity index (χ0) is 33.0. The molecular weight excluding hydrogens is 791 g/mol. The monoisotopic (exact) mass is 805 g/mol. The fourth-order valence-corrected chi connectivity index (χ4v) is 6.24. The number of sulfone groups is 1. The Labute approximate surface area is 380 Å². The van der Waals surface area contributed by atoms with Crippen molar-refractivity contribution in [2.75, 3.05) is 11.6 Å². The molecule has 0 fully saturated rings. The zero-order valence-electron chi connectivity index (χ0n) is 24.8. The molecule has 0 radical (unpaired) electrons. The van der Waals surface area contributed by atoms with E-state index >= 15 is 0 Å². The molecule has 47 heavy (non-hydrogen) atoms. The van der Waals surface area contributed by atoms with Crippen molar-refractivity contribution in [3.8, 4) is 5.75 Å². The molecular formula is C22H15ClK2N5NaO12S4. The fraction of sp³-hybridized carbons (Fsp3) is 0.0909. The Kier molecular flexibility index (Phi) is 16.3. The van der Waals surface area contributed by atoms with Crippen molar-refractivity contribution >= 4 is 85.4 Å². The first-order valence-corrected chi connectivity index (χ1v) is 17.8. The summed E-state index contributed by atoms with van der Waals surface area (Å²) >= 11 is 6.22. The third kappa shape index (κ3) is 10.7. The predicted octanol–water partition coefficient (Wildman–Crippen LogP) is -6.42. The number of phenolic OH excluding ortho intramolecular Hbond substituents is 1. The Morgan fingerprint density at radius 2 is 1.40 bits per heavy atom. The predicted molar refractivity (Wildman–Crippen MR) is 148 cm³/mol. The van der Waals surface area contributed by atoms with E-state index < -0.39 is 99.4 Å². The third-order valence-corrected chi connectivity index (χ3v) is 9.50. The molecule has 17 nitrogen and oxygen atoms in total. The van der Waals surface area contributed by atoms with E-state index in [1.54, 1.807) is 0 Å². The molecule has 0 spiro atoms. The average molecular weight is 806 g/mol. The summed E-state index contributed by atoms with van der Waals surface area (Å²) in [4.78, 5) is 4.39. The summed E-state index contributed by atoms with van der Waals surface area (Å²) in [6.07, 6.45) is 0.781. The van der Waals surface area contributed by atoms with Crippen molar-refractivity contribution < 1.29 is 185 Å². The molecule has 0 saturated carbocycles. The van der Waals surface area contributed by atoms with Gasteiger partial charge >= 0.3 is 132 Å². The molecule has 234 valence electrons. The number of anilines is 2. The standard InChI is InChI=1S/C22H18ClN5O12S4.2K.Na/c1-10-18(23)21(26-22(24-10)41(2,30)31)25-14-9-12(42(32,33)34)7-11-8-16(44(38,39)40)19(20(29)17(11)14)28-27-13-5-3-4-6-15(13)43(35,36)37;;;/h3-9,29H,1-2H3,(H,24,25,26)(H,32,33,34)(H,35,36,37)(H,38,39,40);;;/q;3*+1/p-3. The number of hydrogen-bond donors (Lipinski definition) is 2. The molecule has 0 bridgehead atoms. The van der Waals surface area contributed by atoms with Gasteiger partial charge in [-0.25, -0.2) is 38.7 Å². The van der Waals surface area contributed by atoms with Crippen molar-refractivity contribution in [3.05, 3.63) is 53.2 Å². The molecule has 0 aliphatic rings. The van der Waals surface area contributed by atoms with Crippen LogP contribution in [0.25, 0.3) is 10.8 Å². The molecule has 1 aromatic heterocycles. The number of nitrogens with zero attached hydrogens (tertiary/aromatic N) is 4. The van der Waals surface area contributed by atoms with Crippen LogP contribution in [0, 0.1) is 6.92 Å². The largest absolute Gasteiger partial charge is 1.00 e. The Bertz CT molecular complexity index is 2370. The van der Waals surface area contributed by atoms with Crippen LogP contribution in [-0.2, 0) is 40.2 Å². The number of phenols is 1. The molecule has 0 aliphatic heterocycles. The van der Waals surface area contributed by atoms with Crippen LogP contribution in [0.5, 0.6) is 5.75 Å². The average Bonchev–Trinajstić information content (AvgIpc) is 2.88. The normalized spacial score (nSPS) is 12.2. The molecule has 2 N–H and O–H groups in total. The first kappa shape index (κ1) is 45.5. The molecule has 3 aromatic carbocycles. The van der Waals surface area contributed by atoms with Crippen molar-refractivity contribution in [2.24, 2.45) is 10.2 Å². The van der Waals surface area contributed by atoms with Gasteiger partial charge in [-0.3, -0.25) is 0 Å². The summed E-state index contributed by atoms with van der Waals surface area (Å²) in [6, 6.07) is 6.16. The number of halogens is 1. The molecule has 0 unspecified atom stereocenters. The molecule has 0 atom stereocenters. The number of nitrogens with one attached hydrogen (secondary N) is 1. The minimum atomic E-state index is -5.54. The number of rotatable bonds is 8. The Morgan fingerprint density at radius 3 is 1.94 bits per heavy atom. The Morgan fingerprint density at radius 1 is 0.830 bits per heavy atom. The summed E-state index contributed by atoms with van der Waals surface area (Å²) < 4.78 is 131. The van der Waals surface area contributed by atoms with Crippen LogP contribution >= 0.6 is 11.6 Å². The number of hydrogen-bond acceptors (Lipinski definition) is 17. The molecule has 0 saturated heterocycles. The van der Waals surface area contributed by atoms with E-state index in [1.165, 1.54) is 19.1 Å². The first-order chi connectivity index (χ1) is 20.1. The molecule has 0 amide bonds. The number of azo groups is 1. The van der Waals surface area contributed by atoms with Crippen molar-refractivity contribution in [1.29, 1.82) is 0 Å². The summed E-state index contributed by atoms with van der Waals surface area (Å²) in [6.45, 7) is 1.31. The number of fused-ring (bicyclic) bond motifs is 1. The second-order valence-electron chi connectivity index (χ2n) is 8.82. The summed E-state index contributed by atoms with van der Waals surface area (Å²) in [5.74, 6) is -1.62. The van der Waals surface area contributed by atoms with E-state index in [-0.39, 0.29) is 143 Å². The number of aromatic hydroxyl groups is 1. The maximum absolute atomic E-state index is 12.2. The van der Waals surface area contributed by atoms with Gasteiger partial charge in [-0.1, -0.05) is 23.7 Å². The van der Waals surface area contributed by atoms with Crippen LogP contribution in [0.2, 0.25) is 5.02 Å². The minimum absolute atomic E-state index is 0. The first-order valence-electron chi connectivity index (χ1n) is 11.3. The van der Waals surface area contributed by atoms with E-state index in [1.807, 2.05) is 0 Å². The number of benzene rings is 3. The van der Waals surface area contributed by atoms with Crippen LogP contribution in [0.3, 0.4) is 0 Å². The van der Waals surface area contributed by atoms with Gasteiger partial charge < -0.3 is 24.1 Å².